The van der Waals surface area contributed by atoms with E-state index >= 15 is 0 Å². The number of hydrogen-bond donors (Lipinski definition) is 2. The molecule has 0 saturated heterocycles. The van der Waals surface area contributed by atoms with E-state index in [1.807, 2.05) is 48.7 Å². The van der Waals surface area contributed by atoms with Crippen molar-refractivity contribution in [3.05, 3.63) is 83.9 Å². The van der Waals surface area contributed by atoms with Gasteiger partial charge in [-0.25, -0.2) is 0 Å². The van der Waals surface area contributed by atoms with Crippen LogP contribution >= 0.6 is 0 Å². The number of amides is 1. The Morgan fingerprint density at radius 1 is 0.903 bits per heavy atom. The van der Waals surface area contributed by atoms with Crippen LogP contribution in [-0.4, -0.2) is 42.2 Å². The molecule has 0 saturated carbocycles. The molecule has 160 valence electrons. The third-order valence-electron chi connectivity index (χ3n) is 5.11. The van der Waals surface area contributed by atoms with Gasteiger partial charge in [0.05, 0.1) is 0 Å². The van der Waals surface area contributed by atoms with E-state index in [0.717, 1.165) is 24.0 Å². The average molecular weight is 418 g/mol. The first-order valence-corrected chi connectivity index (χ1v) is 10.5. The van der Waals surface area contributed by atoms with Gasteiger partial charge in [0.2, 0.25) is 5.91 Å². The number of carbonyl (C=O) groups excluding carboxylic acids is 1. The zero-order chi connectivity index (χ0) is 21.3. The topological polar surface area (TPSA) is 85.4 Å². The first-order valence-electron chi connectivity index (χ1n) is 10.5. The summed E-state index contributed by atoms with van der Waals surface area (Å²) in [5, 5.41) is 6.45. The first kappa shape index (κ1) is 20.8. The van der Waals surface area contributed by atoms with Gasteiger partial charge in [0, 0.05) is 37.9 Å². The van der Waals surface area contributed by atoms with Crippen LogP contribution in [0, 0.1) is 0 Å². The van der Waals surface area contributed by atoms with Gasteiger partial charge in [-0.1, -0.05) is 12.1 Å². The minimum absolute atomic E-state index is 0.0738. The Morgan fingerprint density at radius 2 is 1.71 bits per heavy atom. The number of pyridine rings is 2. The lowest BCUT2D eigenvalue weighted by molar-refractivity contribution is -0.123. The summed E-state index contributed by atoms with van der Waals surface area (Å²) in [6.45, 7) is 2.24. The van der Waals surface area contributed by atoms with Crippen molar-refractivity contribution in [2.24, 2.45) is 0 Å². The quantitative estimate of drug-likeness (QED) is 0.555. The van der Waals surface area contributed by atoms with Crippen molar-refractivity contribution >= 4 is 5.91 Å². The predicted octanol–water partition coefficient (Wildman–Crippen LogP) is 2.48. The molecular weight excluding hydrogens is 392 g/mol. The fourth-order valence-corrected chi connectivity index (χ4v) is 3.49. The molecule has 1 aliphatic heterocycles. The maximum atomic E-state index is 13.1. The number of ether oxygens (including phenoxy) is 2. The standard InChI is InChI=1S/C24H26N4O3/c29-24(28-13-8-19-2-1-9-26-17-19)23(27-12-7-18-5-10-25-11-6-18)20-3-4-21-22(16-20)31-15-14-30-21/h1-6,9-11,16-17,23,27H,7-8,12-15H2,(H,28,29). The fraction of sp³-hybridized carbons (Fsp3) is 0.292. The van der Waals surface area contributed by atoms with Gasteiger partial charge in [0.25, 0.3) is 0 Å². The molecule has 3 heterocycles. The summed E-state index contributed by atoms with van der Waals surface area (Å²) in [7, 11) is 0. The monoisotopic (exact) mass is 418 g/mol. The van der Waals surface area contributed by atoms with Gasteiger partial charge in [0.15, 0.2) is 11.5 Å². The molecule has 0 bridgehead atoms. The van der Waals surface area contributed by atoms with Crippen LogP contribution in [0.5, 0.6) is 11.5 Å². The van der Waals surface area contributed by atoms with Crippen molar-refractivity contribution in [3.8, 4) is 11.5 Å². The molecule has 7 heteroatoms. The van der Waals surface area contributed by atoms with E-state index in [2.05, 4.69) is 20.6 Å². The summed E-state index contributed by atoms with van der Waals surface area (Å²) in [6, 6.07) is 13.0. The van der Waals surface area contributed by atoms with Crippen LogP contribution in [-0.2, 0) is 17.6 Å². The minimum Gasteiger partial charge on any atom is -0.486 e. The summed E-state index contributed by atoms with van der Waals surface area (Å²) in [5.74, 6) is 1.31. The van der Waals surface area contributed by atoms with Gasteiger partial charge < -0.3 is 20.1 Å². The van der Waals surface area contributed by atoms with Gasteiger partial charge in [-0.3, -0.25) is 14.8 Å². The van der Waals surface area contributed by atoms with Crippen LogP contribution in [0.1, 0.15) is 22.7 Å². The second-order valence-corrected chi connectivity index (χ2v) is 7.30. The minimum atomic E-state index is -0.494. The van der Waals surface area contributed by atoms with Crippen LogP contribution < -0.4 is 20.1 Å². The molecule has 2 N–H and O–H groups in total. The molecule has 0 spiro atoms. The molecule has 1 aromatic carbocycles. The lowest BCUT2D eigenvalue weighted by Gasteiger charge is -2.23. The highest BCUT2D eigenvalue weighted by atomic mass is 16.6. The smallest absolute Gasteiger partial charge is 0.241 e. The maximum Gasteiger partial charge on any atom is 0.241 e. The van der Waals surface area contributed by atoms with Gasteiger partial charge >= 0.3 is 0 Å². The summed E-state index contributed by atoms with van der Waals surface area (Å²) in [5.41, 5.74) is 3.10. The summed E-state index contributed by atoms with van der Waals surface area (Å²) in [4.78, 5) is 21.2. The van der Waals surface area contributed by atoms with E-state index in [4.69, 9.17) is 9.47 Å². The van der Waals surface area contributed by atoms with Gasteiger partial charge in [0.1, 0.15) is 19.3 Å². The number of nitrogens with one attached hydrogen (secondary N) is 2. The largest absolute Gasteiger partial charge is 0.486 e. The van der Waals surface area contributed by atoms with E-state index < -0.39 is 6.04 Å². The van der Waals surface area contributed by atoms with Crippen molar-refractivity contribution in [2.45, 2.75) is 18.9 Å². The Balaban J connectivity index is 1.42. The molecule has 1 unspecified atom stereocenters. The number of rotatable bonds is 9. The van der Waals surface area contributed by atoms with E-state index in [1.165, 1.54) is 5.56 Å². The van der Waals surface area contributed by atoms with Crippen LogP contribution in [0.15, 0.2) is 67.3 Å². The Hall–Kier alpha value is -3.45. The molecule has 4 rings (SSSR count). The molecule has 1 amide bonds. The van der Waals surface area contributed by atoms with E-state index in [-0.39, 0.29) is 5.91 Å². The van der Waals surface area contributed by atoms with Gasteiger partial charge in [-0.05, 0) is 59.9 Å². The highest BCUT2D eigenvalue weighted by molar-refractivity contribution is 5.83. The molecule has 7 nitrogen and oxygen atoms in total. The summed E-state index contributed by atoms with van der Waals surface area (Å²) < 4.78 is 11.3. The Bertz CT molecular complexity index is 983. The highest BCUT2D eigenvalue weighted by Gasteiger charge is 2.22. The third kappa shape index (κ3) is 5.79. The molecule has 1 aliphatic rings. The van der Waals surface area contributed by atoms with Crippen molar-refractivity contribution in [2.75, 3.05) is 26.3 Å². The molecule has 1 atom stereocenters. The number of fused-ring (bicyclic) bond motifs is 1. The number of hydrogen-bond acceptors (Lipinski definition) is 6. The average Bonchev–Trinajstić information content (AvgIpc) is 2.83. The first-order chi connectivity index (χ1) is 15.3. The van der Waals surface area contributed by atoms with Crippen molar-refractivity contribution in [1.29, 1.82) is 0 Å². The van der Waals surface area contributed by atoms with Crippen molar-refractivity contribution in [1.82, 2.24) is 20.6 Å². The molecular formula is C24H26N4O3. The fourth-order valence-electron chi connectivity index (χ4n) is 3.49. The molecule has 31 heavy (non-hydrogen) atoms. The molecule has 2 aromatic heterocycles. The normalized spacial score (nSPS) is 13.4. The molecule has 0 fully saturated rings. The predicted molar refractivity (Wildman–Crippen MR) is 117 cm³/mol. The molecule has 0 radical (unpaired) electrons. The van der Waals surface area contributed by atoms with Gasteiger partial charge in [-0.2, -0.15) is 0 Å². The van der Waals surface area contributed by atoms with Crippen molar-refractivity contribution < 1.29 is 14.3 Å². The SMILES string of the molecule is O=C(NCCc1cccnc1)C(NCCc1ccncc1)c1ccc2c(c1)OCCO2. The lowest BCUT2D eigenvalue weighted by atomic mass is 10.0. The van der Waals surface area contributed by atoms with Crippen LogP contribution in [0.4, 0.5) is 0 Å². The number of carbonyl (C=O) groups is 1. The van der Waals surface area contributed by atoms with Crippen molar-refractivity contribution in [3.63, 3.8) is 0 Å². The van der Waals surface area contributed by atoms with Crippen LogP contribution in [0.3, 0.4) is 0 Å². The molecule has 0 aliphatic carbocycles. The Labute approximate surface area is 181 Å². The van der Waals surface area contributed by atoms with E-state index in [1.54, 1.807) is 18.6 Å². The van der Waals surface area contributed by atoms with E-state index in [0.29, 0.717) is 37.8 Å². The summed E-state index contributed by atoms with van der Waals surface area (Å²) >= 11 is 0. The second-order valence-electron chi connectivity index (χ2n) is 7.30. The maximum absolute atomic E-state index is 13.1. The van der Waals surface area contributed by atoms with Crippen LogP contribution in [0.25, 0.3) is 0 Å². The zero-order valence-electron chi connectivity index (χ0n) is 17.3. The lowest BCUT2D eigenvalue weighted by Crippen LogP contribution is -2.39. The van der Waals surface area contributed by atoms with Gasteiger partial charge in [-0.15, -0.1) is 0 Å². The van der Waals surface area contributed by atoms with E-state index in [9.17, 15) is 4.79 Å². The summed E-state index contributed by atoms with van der Waals surface area (Å²) in [6.07, 6.45) is 8.64. The Kier molecular flexibility index (Phi) is 7.08. The zero-order valence-corrected chi connectivity index (χ0v) is 17.3. The third-order valence-corrected chi connectivity index (χ3v) is 5.11. The molecule has 3 aromatic rings. The Morgan fingerprint density at radius 3 is 2.52 bits per heavy atom. The second kappa shape index (κ2) is 10.5. The van der Waals surface area contributed by atoms with Crippen LogP contribution in [0.2, 0.25) is 0 Å². The highest BCUT2D eigenvalue weighted by Crippen LogP contribution is 2.32. The number of nitrogens with zero attached hydrogens (tertiary/aromatic N) is 2. The number of aromatic nitrogens is 2. The number of benzene rings is 1.